The summed E-state index contributed by atoms with van der Waals surface area (Å²) in [6.45, 7) is 4.30. The van der Waals surface area contributed by atoms with E-state index in [1.165, 1.54) is 12.7 Å². The molecule has 0 atom stereocenters. The Morgan fingerprint density at radius 1 is 1.13 bits per heavy atom. The molecule has 7 nitrogen and oxygen atoms in total. The standard InChI is InChI=1S/C24H34N4O3/c1-17(2)25-24(30)26-19-12-13-21(27(3)4)18(15-19)16-28(20-9-6-5-7-10-20)23(29)22-11-8-14-31-22/h8,11-15,17,20H,5-7,9-10,16H2,1-4H3,(H2,25,26,30). The Bertz CT molecular complexity index is 871. The summed E-state index contributed by atoms with van der Waals surface area (Å²) in [6.07, 6.45) is 7.01. The van der Waals surface area contributed by atoms with Gasteiger partial charge >= 0.3 is 6.03 Å². The number of urea groups is 1. The van der Waals surface area contributed by atoms with E-state index in [0.29, 0.717) is 18.0 Å². The van der Waals surface area contributed by atoms with Crippen molar-refractivity contribution in [1.82, 2.24) is 10.2 Å². The Labute approximate surface area is 184 Å². The Kier molecular flexibility index (Phi) is 7.60. The van der Waals surface area contributed by atoms with Crippen LogP contribution in [0.3, 0.4) is 0 Å². The maximum atomic E-state index is 13.3. The van der Waals surface area contributed by atoms with Crippen molar-refractivity contribution in [2.45, 2.75) is 64.6 Å². The second-order valence-electron chi connectivity index (χ2n) is 8.69. The topological polar surface area (TPSA) is 77.8 Å². The van der Waals surface area contributed by atoms with Gasteiger partial charge in [0.1, 0.15) is 0 Å². The normalized spacial score (nSPS) is 14.4. The van der Waals surface area contributed by atoms with Crippen LogP contribution in [0.4, 0.5) is 16.2 Å². The average molecular weight is 427 g/mol. The van der Waals surface area contributed by atoms with Crippen molar-refractivity contribution in [3.8, 4) is 0 Å². The molecule has 0 radical (unpaired) electrons. The van der Waals surface area contributed by atoms with Gasteiger partial charge in [0.2, 0.25) is 0 Å². The molecule has 7 heteroatoms. The zero-order valence-electron chi connectivity index (χ0n) is 19.0. The summed E-state index contributed by atoms with van der Waals surface area (Å²) < 4.78 is 5.43. The number of rotatable bonds is 7. The summed E-state index contributed by atoms with van der Waals surface area (Å²) >= 11 is 0. The second kappa shape index (κ2) is 10.4. The van der Waals surface area contributed by atoms with E-state index in [0.717, 1.165) is 36.9 Å². The number of hydrogen-bond acceptors (Lipinski definition) is 4. The van der Waals surface area contributed by atoms with Crippen LogP contribution in [0.2, 0.25) is 0 Å². The monoisotopic (exact) mass is 426 g/mol. The Balaban J connectivity index is 1.89. The van der Waals surface area contributed by atoms with Gasteiger partial charge < -0.3 is 24.9 Å². The number of anilines is 2. The minimum atomic E-state index is -0.241. The third-order valence-corrected chi connectivity index (χ3v) is 5.59. The molecule has 1 aromatic heterocycles. The molecule has 1 aromatic carbocycles. The molecule has 0 bridgehead atoms. The number of hydrogen-bond donors (Lipinski definition) is 2. The highest BCUT2D eigenvalue weighted by Crippen LogP contribution is 2.30. The van der Waals surface area contributed by atoms with E-state index in [-0.39, 0.29) is 24.0 Å². The molecule has 0 unspecified atom stereocenters. The van der Waals surface area contributed by atoms with Gasteiger partial charge in [-0.1, -0.05) is 19.3 Å². The molecule has 2 aromatic rings. The third-order valence-electron chi connectivity index (χ3n) is 5.59. The Hall–Kier alpha value is -2.96. The molecule has 0 spiro atoms. The lowest BCUT2D eigenvalue weighted by Crippen LogP contribution is -2.41. The van der Waals surface area contributed by atoms with E-state index >= 15 is 0 Å². The van der Waals surface area contributed by atoms with Crippen molar-refractivity contribution in [3.05, 3.63) is 47.9 Å². The molecule has 3 amide bonds. The predicted octanol–water partition coefficient (Wildman–Crippen LogP) is 4.85. The lowest BCUT2D eigenvalue weighted by molar-refractivity contribution is 0.0582. The van der Waals surface area contributed by atoms with Gasteiger partial charge in [-0.3, -0.25) is 4.79 Å². The van der Waals surface area contributed by atoms with Crippen LogP contribution in [0, 0.1) is 0 Å². The van der Waals surface area contributed by atoms with Crippen LogP contribution in [0.15, 0.2) is 41.0 Å². The van der Waals surface area contributed by atoms with Gasteiger partial charge in [-0.15, -0.1) is 0 Å². The lowest BCUT2D eigenvalue weighted by Gasteiger charge is -2.35. The van der Waals surface area contributed by atoms with Crippen molar-refractivity contribution in [1.29, 1.82) is 0 Å². The summed E-state index contributed by atoms with van der Waals surface area (Å²) in [4.78, 5) is 29.5. The summed E-state index contributed by atoms with van der Waals surface area (Å²) in [5.74, 6) is 0.278. The van der Waals surface area contributed by atoms with Crippen molar-refractivity contribution in [2.24, 2.45) is 0 Å². The molecule has 3 rings (SSSR count). The van der Waals surface area contributed by atoms with Crippen molar-refractivity contribution < 1.29 is 14.0 Å². The van der Waals surface area contributed by atoms with Crippen LogP contribution in [0.5, 0.6) is 0 Å². The average Bonchev–Trinajstić information content (AvgIpc) is 3.26. The number of nitrogens with one attached hydrogen (secondary N) is 2. The minimum Gasteiger partial charge on any atom is -0.459 e. The van der Waals surface area contributed by atoms with E-state index in [9.17, 15) is 9.59 Å². The van der Waals surface area contributed by atoms with E-state index in [4.69, 9.17) is 4.42 Å². The van der Waals surface area contributed by atoms with Crippen LogP contribution in [0.1, 0.15) is 62.1 Å². The molecular weight excluding hydrogens is 392 g/mol. The first kappa shape index (κ1) is 22.7. The number of nitrogens with zero attached hydrogens (tertiary/aromatic N) is 2. The summed E-state index contributed by atoms with van der Waals surface area (Å²) in [6, 6.07) is 9.29. The van der Waals surface area contributed by atoms with E-state index in [2.05, 4.69) is 10.6 Å². The van der Waals surface area contributed by atoms with Crippen molar-refractivity contribution >= 4 is 23.3 Å². The molecule has 1 aliphatic carbocycles. The zero-order valence-corrected chi connectivity index (χ0v) is 19.0. The second-order valence-corrected chi connectivity index (χ2v) is 8.69. The highest BCUT2D eigenvalue weighted by Gasteiger charge is 2.28. The number of carbonyl (C=O) groups is 2. The van der Waals surface area contributed by atoms with Gasteiger partial charge in [0.15, 0.2) is 5.76 Å². The maximum absolute atomic E-state index is 13.3. The molecule has 0 aliphatic heterocycles. The van der Waals surface area contributed by atoms with Gasteiger partial charge in [-0.25, -0.2) is 4.79 Å². The summed E-state index contributed by atoms with van der Waals surface area (Å²) in [5.41, 5.74) is 2.70. The number of carbonyl (C=O) groups excluding carboxylic acids is 2. The lowest BCUT2D eigenvalue weighted by atomic mass is 9.93. The van der Waals surface area contributed by atoms with E-state index in [1.54, 1.807) is 12.1 Å². The van der Waals surface area contributed by atoms with Crippen LogP contribution in [-0.2, 0) is 6.54 Å². The first-order valence-electron chi connectivity index (χ1n) is 11.1. The highest BCUT2D eigenvalue weighted by molar-refractivity contribution is 5.92. The predicted molar refractivity (Wildman–Crippen MR) is 124 cm³/mol. The minimum absolute atomic E-state index is 0.0493. The quantitative estimate of drug-likeness (QED) is 0.663. The van der Waals surface area contributed by atoms with Gasteiger partial charge in [0.05, 0.1) is 6.26 Å². The molecule has 1 aliphatic rings. The smallest absolute Gasteiger partial charge is 0.319 e. The van der Waals surface area contributed by atoms with Crippen molar-refractivity contribution in [3.63, 3.8) is 0 Å². The third kappa shape index (κ3) is 6.03. The van der Waals surface area contributed by atoms with Gasteiger partial charge in [-0.2, -0.15) is 0 Å². The first-order chi connectivity index (χ1) is 14.8. The molecule has 31 heavy (non-hydrogen) atoms. The van der Waals surface area contributed by atoms with Crippen LogP contribution in [0.25, 0.3) is 0 Å². The fourth-order valence-corrected chi connectivity index (χ4v) is 4.14. The summed E-state index contributed by atoms with van der Waals surface area (Å²) in [7, 11) is 3.97. The largest absolute Gasteiger partial charge is 0.459 e. The summed E-state index contributed by atoms with van der Waals surface area (Å²) in [5, 5.41) is 5.74. The van der Waals surface area contributed by atoms with Gasteiger partial charge in [0.25, 0.3) is 5.91 Å². The molecular formula is C24H34N4O3. The fraction of sp³-hybridized carbons (Fsp3) is 0.500. The van der Waals surface area contributed by atoms with Crippen molar-refractivity contribution in [2.75, 3.05) is 24.3 Å². The molecule has 1 fully saturated rings. The van der Waals surface area contributed by atoms with Gasteiger partial charge in [-0.05, 0) is 62.6 Å². The molecule has 1 heterocycles. The Morgan fingerprint density at radius 3 is 2.48 bits per heavy atom. The van der Waals surface area contributed by atoms with E-state index in [1.807, 2.05) is 55.9 Å². The SMILES string of the molecule is CC(C)NC(=O)Nc1ccc(N(C)C)c(CN(C(=O)c2ccco2)C2CCCCC2)c1. The molecule has 0 saturated heterocycles. The maximum Gasteiger partial charge on any atom is 0.319 e. The number of amides is 3. The number of furan rings is 1. The first-order valence-corrected chi connectivity index (χ1v) is 11.1. The zero-order chi connectivity index (χ0) is 22.4. The van der Waals surface area contributed by atoms with Crippen LogP contribution < -0.4 is 15.5 Å². The molecule has 2 N–H and O–H groups in total. The van der Waals surface area contributed by atoms with Gasteiger partial charge in [0, 0.05) is 44.1 Å². The molecule has 1 saturated carbocycles. The molecule has 168 valence electrons. The number of benzene rings is 1. The van der Waals surface area contributed by atoms with Crippen LogP contribution >= 0.6 is 0 Å². The highest BCUT2D eigenvalue weighted by atomic mass is 16.3. The Morgan fingerprint density at radius 2 is 1.87 bits per heavy atom. The van der Waals surface area contributed by atoms with E-state index < -0.39 is 0 Å². The fourth-order valence-electron chi connectivity index (χ4n) is 4.14. The van der Waals surface area contributed by atoms with Crippen LogP contribution in [-0.4, -0.2) is 43.0 Å².